The highest BCUT2D eigenvalue weighted by Gasteiger charge is 2.53. The van der Waals surface area contributed by atoms with Crippen LogP contribution >= 0.6 is 43.6 Å². The molecular weight excluding hydrogens is 468 g/mol. The van der Waals surface area contributed by atoms with Crippen LogP contribution in [-0.2, 0) is 4.74 Å². The van der Waals surface area contributed by atoms with Gasteiger partial charge in [0.25, 0.3) is 0 Å². The molecule has 7 atom stereocenters. The summed E-state index contributed by atoms with van der Waals surface area (Å²) in [5.74, 6) is -0.134. The maximum atomic E-state index is 13.1. The Morgan fingerprint density at radius 2 is 1.84 bits per heavy atom. The molecule has 140 valence electrons. The van der Waals surface area contributed by atoms with Crippen LogP contribution in [0.3, 0.4) is 0 Å². The van der Waals surface area contributed by atoms with Gasteiger partial charge in [0, 0.05) is 26.2 Å². The third kappa shape index (κ3) is 4.32. The molecule has 1 heterocycles. The molecule has 1 aliphatic heterocycles. The van der Waals surface area contributed by atoms with E-state index in [-0.39, 0.29) is 24.1 Å². The highest BCUT2D eigenvalue weighted by Crippen LogP contribution is 2.50. The van der Waals surface area contributed by atoms with E-state index in [1.807, 2.05) is 37.4 Å². The molecule has 7 unspecified atom stereocenters. The lowest BCUT2D eigenvalue weighted by molar-refractivity contribution is -0.0106. The zero-order valence-corrected chi connectivity index (χ0v) is 18.9. The van der Waals surface area contributed by atoms with Crippen molar-refractivity contribution in [2.45, 2.75) is 90.7 Å². The van der Waals surface area contributed by atoms with E-state index >= 15 is 0 Å². The van der Waals surface area contributed by atoms with E-state index in [1.165, 1.54) is 0 Å². The Morgan fingerprint density at radius 3 is 2.48 bits per heavy atom. The lowest BCUT2D eigenvalue weighted by Gasteiger charge is -2.55. The van der Waals surface area contributed by atoms with Crippen LogP contribution in [0.4, 0.5) is 4.79 Å². The van der Waals surface area contributed by atoms with E-state index in [0.29, 0.717) is 20.2 Å². The van der Waals surface area contributed by atoms with E-state index in [1.54, 1.807) is 0 Å². The largest absolute Gasteiger partial charge is 0.444 e. The fourth-order valence-corrected chi connectivity index (χ4v) is 8.38. The average Bonchev–Trinajstić information content (AvgIpc) is 2.49. The quantitative estimate of drug-likeness (QED) is 0.441. The molecule has 3 aliphatic rings. The molecule has 4 nitrogen and oxygen atoms in total. The van der Waals surface area contributed by atoms with Crippen LogP contribution in [0.1, 0.15) is 52.9 Å². The first-order valence-electron chi connectivity index (χ1n) is 9.04. The van der Waals surface area contributed by atoms with Crippen LogP contribution in [0.15, 0.2) is 0 Å². The van der Waals surface area contributed by atoms with Gasteiger partial charge in [-0.2, -0.15) is 17.0 Å². The fourth-order valence-electron chi connectivity index (χ4n) is 4.35. The maximum absolute atomic E-state index is 13.1. The highest BCUT2D eigenvalue weighted by atomic mass is 79.9. The number of nitrogens with zero attached hydrogens (tertiary/aromatic N) is 2. The SMILES string of the molecule is CC(C)(C)OC(=O)N1C2CCC(Br)CC2SC2CC(Br)CC(C#N)C21. The second kappa shape index (κ2) is 7.59. The molecule has 3 fully saturated rings. The van der Waals surface area contributed by atoms with Crippen LogP contribution in [0, 0.1) is 17.2 Å². The summed E-state index contributed by atoms with van der Waals surface area (Å²) in [6.45, 7) is 5.72. The lowest BCUT2D eigenvalue weighted by Crippen LogP contribution is -2.64. The molecule has 0 radical (unpaired) electrons. The van der Waals surface area contributed by atoms with Crippen LogP contribution in [0.2, 0.25) is 0 Å². The van der Waals surface area contributed by atoms with Crippen molar-refractivity contribution >= 4 is 49.7 Å². The van der Waals surface area contributed by atoms with Gasteiger partial charge in [0.15, 0.2) is 0 Å². The smallest absolute Gasteiger partial charge is 0.410 e. The molecule has 2 saturated carbocycles. The second-order valence-electron chi connectivity index (χ2n) is 8.37. The Balaban J connectivity index is 1.93. The monoisotopic (exact) mass is 492 g/mol. The van der Waals surface area contributed by atoms with E-state index in [0.717, 1.165) is 32.1 Å². The van der Waals surface area contributed by atoms with Gasteiger partial charge in [-0.3, -0.25) is 4.90 Å². The van der Waals surface area contributed by atoms with Crippen LogP contribution in [0.25, 0.3) is 0 Å². The van der Waals surface area contributed by atoms with Crippen molar-refractivity contribution in [3.05, 3.63) is 0 Å². The summed E-state index contributed by atoms with van der Waals surface area (Å²) in [5, 5.41) is 10.5. The first-order chi connectivity index (χ1) is 11.7. The number of amides is 1. The highest BCUT2D eigenvalue weighted by molar-refractivity contribution is 9.09. The van der Waals surface area contributed by atoms with Crippen LogP contribution in [0.5, 0.6) is 0 Å². The third-order valence-corrected chi connectivity index (χ3v) is 8.54. The normalized spacial score (nSPS) is 41.3. The second-order valence-corrected chi connectivity index (χ2v) is 12.4. The number of nitriles is 1. The maximum Gasteiger partial charge on any atom is 0.410 e. The van der Waals surface area contributed by atoms with Crippen molar-refractivity contribution in [1.29, 1.82) is 5.26 Å². The Bertz CT molecular complexity index is 562. The summed E-state index contributed by atoms with van der Waals surface area (Å²) < 4.78 is 5.77. The summed E-state index contributed by atoms with van der Waals surface area (Å²) in [5.41, 5.74) is -0.520. The van der Waals surface area contributed by atoms with Crippen molar-refractivity contribution in [1.82, 2.24) is 4.90 Å². The topological polar surface area (TPSA) is 53.3 Å². The molecule has 25 heavy (non-hydrogen) atoms. The Hall–Kier alpha value is 0.0700. The van der Waals surface area contributed by atoms with E-state index < -0.39 is 5.60 Å². The summed E-state index contributed by atoms with van der Waals surface area (Å²) in [7, 11) is 0. The number of fused-ring (bicyclic) bond motifs is 2. The summed E-state index contributed by atoms with van der Waals surface area (Å²) in [6, 6.07) is 2.63. The van der Waals surface area contributed by atoms with Crippen LogP contribution in [-0.4, -0.2) is 48.8 Å². The molecule has 0 bridgehead atoms. The minimum absolute atomic E-state index is 0.0354. The van der Waals surface area contributed by atoms with Gasteiger partial charge in [0.05, 0.1) is 18.0 Å². The summed E-state index contributed by atoms with van der Waals surface area (Å²) >= 11 is 9.51. The Kier molecular flexibility index (Phi) is 6.02. The van der Waals surface area contributed by atoms with Crippen molar-refractivity contribution in [3.63, 3.8) is 0 Å². The number of carbonyl (C=O) groups is 1. The molecule has 2 aliphatic carbocycles. The van der Waals surface area contributed by atoms with Gasteiger partial charge >= 0.3 is 6.09 Å². The molecular formula is C18H26Br2N2O2S. The Labute approximate surface area is 171 Å². The zero-order valence-electron chi connectivity index (χ0n) is 15.0. The molecule has 0 spiro atoms. The van der Waals surface area contributed by atoms with Crippen molar-refractivity contribution < 1.29 is 9.53 Å². The molecule has 0 aromatic rings. The minimum Gasteiger partial charge on any atom is -0.444 e. The molecule has 0 aromatic carbocycles. The number of thioether (sulfide) groups is 1. The number of ether oxygens (including phenoxy) is 1. The zero-order chi connectivity index (χ0) is 18.4. The first kappa shape index (κ1) is 19.8. The number of rotatable bonds is 0. The van der Waals surface area contributed by atoms with Gasteiger partial charge in [0.1, 0.15) is 5.60 Å². The lowest BCUT2D eigenvalue weighted by atomic mass is 9.81. The molecule has 3 rings (SSSR count). The van der Waals surface area contributed by atoms with E-state index in [2.05, 4.69) is 37.9 Å². The fraction of sp³-hybridized carbons (Fsp3) is 0.889. The van der Waals surface area contributed by atoms with Crippen molar-refractivity contribution in [2.75, 3.05) is 0 Å². The predicted molar refractivity (Wildman–Crippen MR) is 108 cm³/mol. The van der Waals surface area contributed by atoms with Gasteiger partial charge in [0.2, 0.25) is 0 Å². The third-order valence-electron chi connectivity index (χ3n) is 5.28. The van der Waals surface area contributed by atoms with Gasteiger partial charge < -0.3 is 4.74 Å². The molecule has 1 saturated heterocycles. The number of halogens is 2. The molecule has 7 heteroatoms. The number of hydrogen-bond acceptors (Lipinski definition) is 4. The van der Waals surface area contributed by atoms with Crippen LogP contribution < -0.4 is 0 Å². The number of alkyl halides is 2. The van der Waals surface area contributed by atoms with E-state index in [9.17, 15) is 10.1 Å². The molecule has 0 aromatic heterocycles. The van der Waals surface area contributed by atoms with Crippen molar-refractivity contribution in [3.8, 4) is 6.07 Å². The number of hydrogen-bond donors (Lipinski definition) is 0. The van der Waals surface area contributed by atoms with Gasteiger partial charge in [-0.1, -0.05) is 31.9 Å². The molecule has 1 amide bonds. The van der Waals surface area contributed by atoms with Crippen molar-refractivity contribution in [2.24, 2.45) is 5.92 Å². The van der Waals surface area contributed by atoms with Gasteiger partial charge in [-0.05, 0) is 52.9 Å². The Morgan fingerprint density at radius 1 is 1.16 bits per heavy atom. The van der Waals surface area contributed by atoms with E-state index in [4.69, 9.17) is 4.74 Å². The number of carbonyl (C=O) groups excluding carboxylic acids is 1. The average molecular weight is 494 g/mol. The summed E-state index contributed by atoms with van der Waals surface area (Å²) in [6.07, 6.45) is 4.68. The predicted octanol–water partition coefficient (Wildman–Crippen LogP) is 5.09. The van der Waals surface area contributed by atoms with Gasteiger partial charge in [-0.25, -0.2) is 4.79 Å². The minimum atomic E-state index is -0.520. The standard InChI is InChI=1S/C18H26Br2N2O2S/c1-18(2,3)24-17(23)22-13-5-4-11(19)7-14(13)25-15-8-12(20)6-10(9-21)16(15)22/h10-16H,4-8H2,1-3H3. The molecule has 0 N–H and O–H groups in total. The van der Waals surface area contributed by atoms with Gasteiger partial charge in [-0.15, -0.1) is 0 Å². The summed E-state index contributed by atoms with van der Waals surface area (Å²) in [4.78, 5) is 16.0. The first-order valence-corrected chi connectivity index (χ1v) is 11.8.